The zero-order valence-electron chi connectivity index (χ0n) is 16.7. The number of allylic oxidation sites excluding steroid dienone is 1. The first-order valence-corrected chi connectivity index (χ1v) is 10.0. The smallest absolute Gasteiger partial charge is 0.225 e. The standard InChI is InChI=1S/C16H8F17NO2S/c17-9(18,6-5-7-1-3-8(4-2-7)37(34,35)36)10(19,20)11(21,22)12(23,24)13(25,26)14(27,28)15(29,30)16(31,32)33/h1-6H,(H2,34,35,36)/b6-5+. The summed E-state index contributed by atoms with van der Waals surface area (Å²) in [4.78, 5) is -0.716. The maximum Gasteiger partial charge on any atom is 0.460 e. The van der Waals surface area contributed by atoms with Gasteiger partial charge in [0, 0.05) is 0 Å². The van der Waals surface area contributed by atoms with Gasteiger partial charge in [0.25, 0.3) is 0 Å². The molecule has 0 bridgehead atoms. The minimum absolute atomic E-state index is 0.306. The van der Waals surface area contributed by atoms with Gasteiger partial charge in [-0.05, 0) is 23.8 Å². The molecule has 3 nitrogen and oxygen atoms in total. The molecule has 0 aliphatic carbocycles. The number of sulfonamides is 1. The molecule has 0 aliphatic heterocycles. The fourth-order valence-electron chi connectivity index (χ4n) is 2.25. The summed E-state index contributed by atoms with van der Waals surface area (Å²) in [6.07, 6.45) is -9.50. The van der Waals surface area contributed by atoms with E-state index in [0.29, 0.717) is 24.3 Å². The SMILES string of the molecule is NS(=O)(=O)c1ccc(/C=C/C(F)(F)C(F)(F)C(F)(F)C(F)(F)C(F)(F)C(F)(F)C(F)(F)C(F)(F)F)cc1. The Balaban J connectivity index is 3.55. The van der Waals surface area contributed by atoms with Gasteiger partial charge in [-0.1, -0.05) is 18.2 Å². The Morgan fingerprint density at radius 1 is 0.541 bits per heavy atom. The summed E-state index contributed by atoms with van der Waals surface area (Å²) >= 11 is 0. The maximum atomic E-state index is 13.8. The Morgan fingerprint density at radius 2 is 0.865 bits per heavy atom. The fourth-order valence-corrected chi connectivity index (χ4v) is 2.77. The van der Waals surface area contributed by atoms with Crippen LogP contribution in [0.15, 0.2) is 35.2 Å². The minimum atomic E-state index is -8.70. The van der Waals surface area contributed by atoms with E-state index in [2.05, 4.69) is 5.14 Å². The Kier molecular flexibility index (Phi) is 7.84. The summed E-state index contributed by atoms with van der Waals surface area (Å²) < 4.78 is 246. The Hall–Kier alpha value is -2.32. The third kappa shape index (κ3) is 4.94. The number of hydrogen-bond acceptors (Lipinski definition) is 2. The van der Waals surface area contributed by atoms with Crippen LogP contribution in [0.2, 0.25) is 0 Å². The number of primary sulfonamides is 1. The molecule has 0 amide bonds. The molecule has 1 aromatic carbocycles. The van der Waals surface area contributed by atoms with Crippen LogP contribution in [0.4, 0.5) is 74.6 Å². The van der Waals surface area contributed by atoms with Crippen LogP contribution in [-0.4, -0.2) is 56.1 Å². The number of nitrogens with two attached hydrogens (primary N) is 1. The molecule has 0 unspecified atom stereocenters. The second-order valence-electron chi connectivity index (χ2n) is 7.01. The predicted octanol–water partition coefficient (Wildman–Crippen LogP) is 6.36. The molecule has 0 spiro atoms. The molecular weight excluding hydrogens is 593 g/mol. The Labute approximate surface area is 193 Å². The van der Waals surface area contributed by atoms with E-state index in [4.69, 9.17) is 0 Å². The second-order valence-corrected chi connectivity index (χ2v) is 8.58. The molecule has 0 saturated carbocycles. The highest BCUT2D eigenvalue weighted by Crippen LogP contribution is 2.64. The van der Waals surface area contributed by atoms with Crippen molar-refractivity contribution in [3.05, 3.63) is 35.9 Å². The highest BCUT2D eigenvalue weighted by atomic mass is 32.2. The first-order valence-electron chi connectivity index (χ1n) is 8.47. The van der Waals surface area contributed by atoms with Gasteiger partial charge in [-0.2, -0.15) is 74.6 Å². The van der Waals surface area contributed by atoms with Crippen LogP contribution in [-0.2, 0) is 10.0 Å². The lowest BCUT2D eigenvalue weighted by molar-refractivity contribution is -0.459. The van der Waals surface area contributed by atoms with Crippen LogP contribution in [0.3, 0.4) is 0 Å². The number of alkyl halides is 17. The fraction of sp³-hybridized carbons (Fsp3) is 0.500. The van der Waals surface area contributed by atoms with Gasteiger partial charge in [0.05, 0.1) is 4.90 Å². The first-order chi connectivity index (χ1) is 15.9. The number of hydrogen-bond donors (Lipinski definition) is 1. The topological polar surface area (TPSA) is 60.2 Å². The number of rotatable bonds is 9. The summed E-state index contributed by atoms with van der Waals surface area (Å²) in [7, 11) is -4.40. The Morgan fingerprint density at radius 3 is 1.19 bits per heavy atom. The average Bonchev–Trinajstić information content (AvgIpc) is 2.70. The first kappa shape index (κ1) is 32.7. The molecule has 0 fully saturated rings. The minimum Gasteiger partial charge on any atom is -0.225 e. The third-order valence-electron chi connectivity index (χ3n) is 4.44. The molecular formula is C16H8F17NO2S. The van der Waals surface area contributed by atoms with E-state index in [1.54, 1.807) is 0 Å². The summed E-state index contributed by atoms with van der Waals surface area (Å²) in [5.41, 5.74) is -0.778. The van der Waals surface area contributed by atoms with Crippen molar-refractivity contribution in [1.29, 1.82) is 0 Å². The Bertz CT molecular complexity index is 1120. The van der Waals surface area contributed by atoms with Crippen LogP contribution in [0, 0.1) is 0 Å². The van der Waals surface area contributed by atoms with E-state index in [1.807, 2.05) is 0 Å². The zero-order valence-corrected chi connectivity index (χ0v) is 17.5. The molecule has 0 saturated heterocycles. The van der Waals surface area contributed by atoms with Crippen molar-refractivity contribution >= 4 is 16.1 Å². The molecule has 0 aromatic heterocycles. The molecule has 1 aromatic rings. The molecule has 0 heterocycles. The zero-order chi connectivity index (χ0) is 29.9. The van der Waals surface area contributed by atoms with Gasteiger partial charge < -0.3 is 0 Å². The van der Waals surface area contributed by atoms with Gasteiger partial charge in [0.2, 0.25) is 10.0 Å². The van der Waals surface area contributed by atoms with Crippen molar-refractivity contribution < 1.29 is 83.1 Å². The van der Waals surface area contributed by atoms with Crippen LogP contribution in [0.5, 0.6) is 0 Å². The largest absolute Gasteiger partial charge is 0.460 e. The van der Waals surface area contributed by atoms with Crippen molar-refractivity contribution in [2.75, 3.05) is 0 Å². The van der Waals surface area contributed by atoms with Crippen LogP contribution in [0.25, 0.3) is 6.08 Å². The van der Waals surface area contributed by atoms with Crippen molar-refractivity contribution in [3.63, 3.8) is 0 Å². The molecule has 214 valence electrons. The van der Waals surface area contributed by atoms with Crippen LogP contribution in [0.1, 0.15) is 5.56 Å². The summed E-state index contributed by atoms with van der Waals surface area (Å²) in [6, 6.07) is 2.03. The monoisotopic (exact) mass is 601 g/mol. The normalized spacial score (nSPS) is 15.9. The van der Waals surface area contributed by atoms with Gasteiger partial charge in [0.1, 0.15) is 0 Å². The van der Waals surface area contributed by atoms with E-state index in [9.17, 15) is 83.1 Å². The molecule has 37 heavy (non-hydrogen) atoms. The molecule has 0 atom stereocenters. The molecule has 2 N–H and O–H groups in total. The number of halogens is 17. The van der Waals surface area contributed by atoms with Crippen LogP contribution < -0.4 is 5.14 Å². The van der Waals surface area contributed by atoms with Crippen LogP contribution >= 0.6 is 0 Å². The summed E-state index contributed by atoms with van der Waals surface area (Å²) in [5, 5.41) is 4.67. The van der Waals surface area contributed by atoms with Gasteiger partial charge in [0.15, 0.2) is 0 Å². The van der Waals surface area contributed by atoms with Gasteiger partial charge in [-0.3, -0.25) is 0 Å². The molecule has 0 aliphatic rings. The lowest BCUT2D eigenvalue weighted by atomic mass is 9.89. The van der Waals surface area contributed by atoms with E-state index < -0.39 is 74.2 Å². The van der Waals surface area contributed by atoms with E-state index in [1.165, 1.54) is 0 Å². The number of benzene rings is 1. The van der Waals surface area contributed by atoms with Gasteiger partial charge >= 0.3 is 47.6 Å². The molecule has 1 rings (SSSR count). The van der Waals surface area contributed by atoms with E-state index in [0.717, 1.165) is 0 Å². The predicted molar refractivity (Wildman–Crippen MR) is 87.5 cm³/mol. The quantitative estimate of drug-likeness (QED) is 0.336. The van der Waals surface area contributed by atoms with Crippen molar-refractivity contribution in [3.8, 4) is 0 Å². The highest BCUT2D eigenvalue weighted by Gasteiger charge is 2.95. The van der Waals surface area contributed by atoms with E-state index >= 15 is 0 Å². The van der Waals surface area contributed by atoms with Gasteiger partial charge in [-0.15, -0.1) is 0 Å². The highest BCUT2D eigenvalue weighted by molar-refractivity contribution is 7.89. The maximum absolute atomic E-state index is 13.8. The lowest BCUT2D eigenvalue weighted by Gasteiger charge is -2.42. The van der Waals surface area contributed by atoms with Crippen molar-refractivity contribution in [1.82, 2.24) is 0 Å². The van der Waals surface area contributed by atoms with Crippen molar-refractivity contribution in [2.45, 2.75) is 52.5 Å². The van der Waals surface area contributed by atoms with Gasteiger partial charge in [-0.25, -0.2) is 13.6 Å². The molecule has 21 heteroatoms. The lowest BCUT2D eigenvalue weighted by Crippen LogP contribution is -2.74. The average molecular weight is 601 g/mol. The van der Waals surface area contributed by atoms with Crippen molar-refractivity contribution in [2.24, 2.45) is 5.14 Å². The second kappa shape index (κ2) is 8.87. The summed E-state index contributed by atoms with van der Waals surface area (Å²) in [5.74, 6) is -57.1. The summed E-state index contributed by atoms with van der Waals surface area (Å²) in [6.45, 7) is 0. The van der Waals surface area contributed by atoms with E-state index in [-0.39, 0.29) is 6.08 Å². The third-order valence-corrected chi connectivity index (χ3v) is 5.37. The molecule has 0 radical (unpaired) electrons.